The average Bonchev–Trinajstić information content (AvgIpc) is 2.76. The van der Waals surface area contributed by atoms with Crippen LogP contribution >= 0.6 is 0 Å². The lowest BCUT2D eigenvalue weighted by molar-refractivity contribution is -0.116. The van der Waals surface area contributed by atoms with Crippen LogP contribution in [0.2, 0.25) is 0 Å². The molecule has 1 amide bonds. The second kappa shape index (κ2) is 10.1. The lowest BCUT2D eigenvalue weighted by Crippen LogP contribution is -2.45. The lowest BCUT2D eigenvalue weighted by Gasteiger charge is -2.28. The number of amides is 1. The lowest BCUT2D eigenvalue weighted by atomic mass is 10.1. The topological polar surface area (TPSA) is 113 Å². The van der Waals surface area contributed by atoms with Gasteiger partial charge in [0.05, 0.1) is 22.5 Å². The smallest absolute Gasteiger partial charge is 0.261 e. The van der Waals surface area contributed by atoms with Crippen LogP contribution in [0, 0.1) is 20.8 Å². The molecule has 0 aliphatic heterocycles. The first-order valence-corrected chi connectivity index (χ1v) is 14.2. The van der Waals surface area contributed by atoms with Crippen LogP contribution in [-0.4, -0.2) is 35.0 Å². The van der Waals surface area contributed by atoms with E-state index in [-0.39, 0.29) is 4.90 Å². The van der Waals surface area contributed by atoms with E-state index in [0.29, 0.717) is 17.1 Å². The van der Waals surface area contributed by atoms with E-state index >= 15 is 0 Å². The molecule has 0 heterocycles. The van der Waals surface area contributed by atoms with Gasteiger partial charge in [0, 0.05) is 5.69 Å². The van der Waals surface area contributed by atoms with E-state index in [1.54, 1.807) is 30.3 Å². The Labute approximate surface area is 207 Å². The Balaban J connectivity index is 1.76. The Bertz CT molecular complexity index is 1430. The number of nitrogens with zero attached hydrogens (tertiary/aromatic N) is 1. The van der Waals surface area contributed by atoms with Crippen molar-refractivity contribution in [3.63, 3.8) is 0 Å². The predicted molar refractivity (Wildman–Crippen MR) is 140 cm³/mol. The molecule has 35 heavy (non-hydrogen) atoms. The number of aryl methyl sites for hydroxylation is 3. The number of nitrogens with one attached hydrogen (secondary N) is 2. The van der Waals surface area contributed by atoms with Crippen LogP contribution in [0.1, 0.15) is 23.6 Å². The second-order valence-electron chi connectivity index (χ2n) is 8.51. The summed E-state index contributed by atoms with van der Waals surface area (Å²) in [6.45, 7) is 7.12. The highest BCUT2D eigenvalue weighted by atomic mass is 32.2. The number of sulfonamides is 2. The van der Waals surface area contributed by atoms with Gasteiger partial charge in [-0.2, -0.15) is 0 Å². The van der Waals surface area contributed by atoms with Gasteiger partial charge in [0.15, 0.2) is 0 Å². The molecule has 3 rings (SSSR count). The van der Waals surface area contributed by atoms with Gasteiger partial charge in [0.1, 0.15) is 6.04 Å². The van der Waals surface area contributed by atoms with Crippen molar-refractivity contribution in [2.45, 2.75) is 38.6 Å². The number of benzene rings is 3. The highest BCUT2D eigenvalue weighted by molar-refractivity contribution is 7.92. The molecule has 1 atom stereocenters. The summed E-state index contributed by atoms with van der Waals surface area (Å²) in [5, 5.41) is 2.66. The van der Waals surface area contributed by atoms with E-state index < -0.39 is 32.0 Å². The first kappa shape index (κ1) is 26.2. The van der Waals surface area contributed by atoms with Crippen molar-refractivity contribution in [3.05, 3.63) is 83.4 Å². The molecule has 10 heteroatoms. The summed E-state index contributed by atoms with van der Waals surface area (Å²) >= 11 is 0. The van der Waals surface area contributed by atoms with E-state index in [0.717, 1.165) is 27.3 Å². The number of rotatable bonds is 8. The third-order valence-corrected chi connectivity index (χ3v) is 8.06. The normalized spacial score (nSPS) is 12.6. The molecule has 0 spiro atoms. The van der Waals surface area contributed by atoms with Crippen LogP contribution in [0.4, 0.5) is 17.1 Å². The second-order valence-corrected chi connectivity index (χ2v) is 12.0. The molecule has 3 aromatic carbocycles. The number of hydrogen-bond acceptors (Lipinski definition) is 5. The standard InChI is InChI=1S/C25H29N3O5S2/c1-17-6-11-22(12-7-17)28(34(5,30)31)20(4)25(29)26-21-9-13-23(14-10-21)35(32,33)27-24-15-8-18(2)16-19(24)3/h6-16,20,27H,1-5H3,(H,26,29)/t20-/m0/s1. The van der Waals surface area contributed by atoms with Crippen LogP contribution < -0.4 is 14.3 Å². The molecule has 8 nitrogen and oxygen atoms in total. The molecular formula is C25H29N3O5S2. The van der Waals surface area contributed by atoms with Crippen molar-refractivity contribution in [1.82, 2.24) is 0 Å². The largest absolute Gasteiger partial charge is 0.324 e. The minimum absolute atomic E-state index is 0.0286. The highest BCUT2D eigenvalue weighted by Crippen LogP contribution is 2.24. The molecule has 0 unspecified atom stereocenters. The van der Waals surface area contributed by atoms with Gasteiger partial charge in [0.2, 0.25) is 15.9 Å². The Morgan fingerprint density at radius 1 is 0.829 bits per heavy atom. The summed E-state index contributed by atoms with van der Waals surface area (Å²) in [6, 6.07) is 16.9. The van der Waals surface area contributed by atoms with Crippen LogP contribution in [0.15, 0.2) is 71.6 Å². The molecule has 0 saturated heterocycles. The Hall–Kier alpha value is -3.37. The zero-order valence-electron chi connectivity index (χ0n) is 20.2. The van der Waals surface area contributed by atoms with Gasteiger partial charge in [-0.15, -0.1) is 0 Å². The molecule has 0 aromatic heterocycles. The van der Waals surface area contributed by atoms with Crippen LogP contribution in [-0.2, 0) is 24.8 Å². The van der Waals surface area contributed by atoms with Gasteiger partial charge in [-0.25, -0.2) is 16.8 Å². The van der Waals surface area contributed by atoms with E-state index in [2.05, 4.69) is 10.0 Å². The van der Waals surface area contributed by atoms with E-state index in [1.807, 2.05) is 32.9 Å². The zero-order valence-corrected chi connectivity index (χ0v) is 21.9. The molecule has 186 valence electrons. The van der Waals surface area contributed by atoms with E-state index in [4.69, 9.17) is 0 Å². The summed E-state index contributed by atoms with van der Waals surface area (Å²) in [5.74, 6) is -0.556. The van der Waals surface area contributed by atoms with E-state index in [1.165, 1.54) is 31.2 Å². The quantitative estimate of drug-likeness (QED) is 0.467. The molecule has 0 bridgehead atoms. The number of anilines is 3. The molecule has 3 aromatic rings. The summed E-state index contributed by atoms with van der Waals surface area (Å²) in [5.41, 5.74) is 3.98. The van der Waals surface area contributed by atoms with Gasteiger partial charge in [-0.1, -0.05) is 35.4 Å². The molecule has 0 saturated carbocycles. The fraction of sp³-hybridized carbons (Fsp3) is 0.240. The fourth-order valence-corrected chi connectivity index (χ4v) is 5.90. The maximum absolute atomic E-state index is 12.9. The van der Waals surface area contributed by atoms with E-state index in [9.17, 15) is 21.6 Å². The average molecular weight is 516 g/mol. The fourth-order valence-electron chi connectivity index (χ4n) is 3.60. The molecule has 2 N–H and O–H groups in total. The predicted octanol–water partition coefficient (Wildman–Crippen LogP) is 4.21. The van der Waals surface area contributed by atoms with Gasteiger partial charge in [-0.05, 0) is 75.7 Å². The zero-order chi connectivity index (χ0) is 26.0. The molecule has 0 fully saturated rings. The Kier molecular flexibility index (Phi) is 7.56. The Morgan fingerprint density at radius 3 is 1.94 bits per heavy atom. The van der Waals surface area contributed by atoms with Crippen molar-refractivity contribution in [2.75, 3.05) is 20.6 Å². The van der Waals surface area contributed by atoms with Crippen LogP contribution in [0.25, 0.3) is 0 Å². The van der Waals surface area contributed by atoms with Crippen LogP contribution in [0.5, 0.6) is 0 Å². The maximum Gasteiger partial charge on any atom is 0.261 e. The molecule has 0 aliphatic carbocycles. The summed E-state index contributed by atoms with van der Waals surface area (Å²) < 4.78 is 54.1. The summed E-state index contributed by atoms with van der Waals surface area (Å²) in [7, 11) is -7.58. The van der Waals surface area contributed by atoms with Crippen molar-refractivity contribution in [3.8, 4) is 0 Å². The third kappa shape index (κ3) is 6.40. The van der Waals surface area contributed by atoms with Gasteiger partial charge < -0.3 is 5.32 Å². The molecular weight excluding hydrogens is 486 g/mol. The molecule has 0 aliphatic rings. The highest BCUT2D eigenvalue weighted by Gasteiger charge is 2.29. The SMILES string of the molecule is Cc1ccc(N([C@@H](C)C(=O)Nc2ccc(S(=O)(=O)Nc3ccc(C)cc3C)cc2)S(C)(=O)=O)cc1. The Morgan fingerprint density at radius 2 is 1.40 bits per heavy atom. The first-order chi connectivity index (χ1) is 16.3. The number of carbonyl (C=O) groups excluding carboxylic acids is 1. The monoisotopic (exact) mass is 515 g/mol. The van der Waals surface area contributed by atoms with Crippen molar-refractivity contribution >= 4 is 43.0 Å². The minimum atomic E-state index is -3.83. The third-order valence-electron chi connectivity index (χ3n) is 5.44. The van der Waals surface area contributed by atoms with Crippen molar-refractivity contribution in [2.24, 2.45) is 0 Å². The van der Waals surface area contributed by atoms with Gasteiger partial charge >= 0.3 is 0 Å². The maximum atomic E-state index is 12.9. The number of carbonyl (C=O) groups is 1. The van der Waals surface area contributed by atoms with Crippen LogP contribution in [0.3, 0.4) is 0 Å². The molecule has 0 radical (unpaired) electrons. The van der Waals surface area contributed by atoms with Gasteiger partial charge in [-0.3, -0.25) is 13.8 Å². The van der Waals surface area contributed by atoms with Gasteiger partial charge in [0.25, 0.3) is 10.0 Å². The minimum Gasteiger partial charge on any atom is -0.324 e. The van der Waals surface area contributed by atoms with Crippen molar-refractivity contribution < 1.29 is 21.6 Å². The summed E-state index contributed by atoms with van der Waals surface area (Å²) in [6.07, 6.45) is 1.04. The first-order valence-electron chi connectivity index (χ1n) is 10.8. The number of hydrogen-bond donors (Lipinski definition) is 2. The van der Waals surface area contributed by atoms with Crippen molar-refractivity contribution in [1.29, 1.82) is 0 Å². The summed E-state index contributed by atoms with van der Waals surface area (Å²) in [4.78, 5) is 12.9.